The van der Waals surface area contributed by atoms with Gasteiger partial charge in [0.1, 0.15) is 11.9 Å². The zero-order valence-electron chi connectivity index (χ0n) is 9.52. The van der Waals surface area contributed by atoms with E-state index in [9.17, 15) is 22.4 Å². The minimum absolute atomic E-state index is 0.0723. The number of nitrogens with one attached hydrogen (secondary N) is 1. The summed E-state index contributed by atoms with van der Waals surface area (Å²) in [7, 11) is 0. The molecule has 19 heavy (non-hydrogen) atoms. The first-order valence-corrected chi connectivity index (χ1v) is 5.19. The fourth-order valence-corrected chi connectivity index (χ4v) is 1.18. The number of hydrogen-bond donors (Lipinski definition) is 2. The van der Waals surface area contributed by atoms with Gasteiger partial charge >= 0.3 is 6.61 Å². The van der Waals surface area contributed by atoms with Gasteiger partial charge in [0.05, 0.1) is 0 Å². The fraction of sp³-hybridized carbons (Fsp3) is 0.364. The highest BCUT2D eigenvalue weighted by molar-refractivity contribution is 5.94. The van der Waals surface area contributed by atoms with Gasteiger partial charge in [0.25, 0.3) is 12.3 Å². The second kappa shape index (κ2) is 6.93. The number of alkyl halides is 4. The number of benzene rings is 1. The number of carbonyl (C=O) groups is 1. The number of hydrogen-bond acceptors (Lipinski definition) is 3. The van der Waals surface area contributed by atoms with Crippen molar-refractivity contribution < 1.29 is 32.2 Å². The minimum atomic E-state index is -2.97. The van der Waals surface area contributed by atoms with Crippen LogP contribution in [0.5, 0.6) is 5.75 Å². The molecule has 106 valence electrons. The summed E-state index contributed by atoms with van der Waals surface area (Å²) in [5, 5.41) is 10.9. The Kier molecular flexibility index (Phi) is 5.56. The van der Waals surface area contributed by atoms with Gasteiger partial charge in [-0.1, -0.05) is 0 Å². The number of amides is 1. The van der Waals surface area contributed by atoms with Crippen molar-refractivity contribution in [3.05, 3.63) is 29.8 Å². The number of carbonyl (C=O) groups excluding carboxylic acids is 1. The summed E-state index contributed by atoms with van der Waals surface area (Å²) >= 11 is 0. The third kappa shape index (κ3) is 5.12. The molecule has 4 nitrogen and oxygen atoms in total. The summed E-state index contributed by atoms with van der Waals surface area (Å²) in [4.78, 5) is 11.4. The molecular weight excluding hydrogens is 270 g/mol. The monoisotopic (exact) mass is 281 g/mol. The van der Waals surface area contributed by atoms with Crippen molar-refractivity contribution in [2.75, 3.05) is 6.54 Å². The van der Waals surface area contributed by atoms with Gasteiger partial charge in [-0.2, -0.15) is 8.78 Å². The van der Waals surface area contributed by atoms with Crippen LogP contribution in [0.25, 0.3) is 0 Å². The van der Waals surface area contributed by atoms with Gasteiger partial charge in [-0.15, -0.1) is 0 Å². The highest BCUT2D eigenvalue weighted by Gasteiger charge is 2.17. The van der Waals surface area contributed by atoms with Gasteiger partial charge in [-0.05, 0) is 24.3 Å². The number of rotatable bonds is 6. The first-order valence-electron chi connectivity index (χ1n) is 5.19. The second-order valence-corrected chi connectivity index (χ2v) is 3.51. The van der Waals surface area contributed by atoms with E-state index in [-0.39, 0.29) is 11.3 Å². The number of ether oxygens (including phenoxy) is 1. The quantitative estimate of drug-likeness (QED) is 0.779. The molecule has 8 heteroatoms. The van der Waals surface area contributed by atoms with Crippen molar-refractivity contribution in [2.24, 2.45) is 0 Å². The molecule has 1 aromatic carbocycles. The molecule has 1 amide bonds. The molecule has 0 heterocycles. The van der Waals surface area contributed by atoms with E-state index in [2.05, 4.69) is 10.1 Å². The van der Waals surface area contributed by atoms with E-state index in [1.165, 1.54) is 12.1 Å². The predicted molar refractivity (Wildman–Crippen MR) is 57.4 cm³/mol. The summed E-state index contributed by atoms with van der Waals surface area (Å²) in [6.07, 6.45) is -4.91. The molecule has 0 saturated carbocycles. The molecule has 0 aliphatic heterocycles. The Morgan fingerprint density at radius 3 is 2.26 bits per heavy atom. The van der Waals surface area contributed by atoms with Crippen LogP contribution in [-0.2, 0) is 0 Å². The minimum Gasteiger partial charge on any atom is -0.435 e. The average Bonchev–Trinajstić information content (AvgIpc) is 2.35. The lowest BCUT2D eigenvalue weighted by molar-refractivity contribution is -0.0498. The van der Waals surface area contributed by atoms with Crippen molar-refractivity contribution in [3.8, 4) is 5.75 Å². The maximum absolute atomic E-state index is 12.0. The molecule has 1 unspecified atom stereocenters. The Hall–Kier alpha value is -1.83. The predicted octanol–water partition coefficient (Wildman–Crippen LogP) is 1.64. The normalized spacial score (nSPS) is 12.6. The van der Waals surface area contributed by atoms with Crippen molar-refractivity contribution in [2.45, 2.75) is 19.1 Å². The fourth-order valence-electron chi connectivity index (χ4n) is 1.18. The molecule has 0 aliphatic rings. The third-order valence-electron chi connectivity index (χ3n) is 2.10. The zero-order valence-corrected chi connectivity index (χ0v) is 9.52. The van der Waals surface area contributed by atoms with Gasteiger partial charge < -0.3 is 15.2 Å². The highest BCUT2D eigenvalue weighted by Crippen LogP contribution is 2.14. The van der Waals surface area contributed by atoms with Crippen LogP contribution in [0.2, 0.25) is 0 Å². The highest BCUT2D eigenvalue weighted by atomic mass is 19.3. The molecule has 0 spiro atoms. The molecule has 0 fully saturated rings. The molecule has 1 aromatic rings. The van der Waals surface area contributed by atoms with Crippen LogP contribution in [-0.4, -0.2) is 36.7 Å². The number of aliphatic hydroxyl groups is 1. The maximum atomic E-state index is 12.0. The maximum Gasteiger partial charge on any atom is 0.387 e. The van der Waals surface area contributed by atoms with Crippen LogP contribution in [0.1, 0.15) is 10.4 Å². The Balaban J connectivity index is 2.53. The first kappa shape index (κ1) is 15.2. The van der Waals surface area contributed by atoms with Crippen LogP contribution in [0.4, 0.5) is 17.6 Å². The van der Waals surface area contributed by atoms with Crippen LogP contribution < -0.4 is 10.1 Å². The molecular formula is C11H11F4NO3. The summed E-state index contributed by atoms with van der Waals surface area (Å²) < 4.78 is 51.7. The average molecular weight is 281 g/mol. The van der Waals surface area contributed by atoms with Gasteiger partial charge in [-0.3, -0.25) is 4.79 Å². The number of halogens is 4. The van der Waals surface area contributed by atoms with Crippen LogP contribution in [0.15, 0.2) is 24.3 Å². The topological polar surface area (TPSA) is 58.6 Å². The second-order valence-electron chi connectivity index (χ2n) is 3.51. The Labute approximate surface area is 106 Å². The molecule has 0 saturated heterocycles. The van der Waals surface area contributed by atoms with E-state index >= 15 is 0 Å². The van der Waals surface area contributed by atoms with Crippen LogP contribution in [0.3, 0.4) is 0 Å². The molecule has 1 rings (SSSR count). The van der Waals surface area contributed by atoms with Crippen molar-refractivity contribution >= 4 is 5.91 Å². The van der Waals surface area contributed by atoms with Crippen molar-refractivity contribution in [1.29, 1.82) is 0 Å². The largest absolute Gasteiger partial charge is 0.435 e. The van der Waals surface area contributed by atoms with Gasteiger partial charge in [0.2, 0.25) is 0 Å². The van der Waals surface area contributed by atoms with E-state index in [4.69, 9.17) is 5.11 Å². The third-order valence-corrected chi connectivity index (χ3v) is 2.10. The smallest absolute Gasteiger partial charge is 0.387 e. The van der Waals surface area contributed by atoms with Gasteiger partial charge in [0.15, 0.2) is 0 Å². The molecule has 0 radical (unpaired) electrons. The van der Waals surface area contributed by atoms with E-state index in [1.807, 2.05) is 0 Å². The Morgan fingerprint density at radius 2 is 1.79 bits per heavy atom. The summed E-state index contributed by atoms with van der Waals surface area (Å²) in [5.41, 5.74) is 0.0723. The zero-order chi connectivity index (χ0) is 14.4. The summed E-state index contributed by atoms with van der Waals surface area (Å²) in [5.74, 6) is -0.831. The molecule has 0 aliphatic carbocycles. The summed E-state index contributed by atoms with van der Waals surface area (Å²) in [6, 6.07) is 4.68. The SMILES string of the molecule is O=C(NCC(O)C(F)F)c1ccc(OC(F)F)cc1. The lowest BCUT2D eigenvalue weighted by Crippen LogP contribution is -2.35. The van der Waals surface area contributed by atoms with Crippen molar-refractivity contribution in [1.82, 2.24) is 5.32 Å². The summed E-state index contributed by atoms with van der Waals surface area (Å²) in [6.45, 7) is -3.58. The number of aliphatic hydroxyl groups excluding tert-OH is 1. The van der Waals surface area contributed by atoms with E-state index in [1.54, 1.807) is 0 Å². The molecule has 1 atom stereocenters. The molecule has 0 bridgehead atoms. The Morgan fingerprint density at radius 1 is 1.21 bits per heavy atom. The van der Waals surface area contributed by atoms with Crippen LogP contribution in [0, 0.1) is 0 Å². The molecule has 2 N–H and O–H groups in total. The van der Waals surface area contributed by atoms with E-state index in [0.717, 1.165) is 12.1 Å². The lowest BCUT2D eigenvalue weighted by Gasteiger charge is -2.11. The Bertz CT molecular complexity index is 411. The lowest BCUT2D eigenvalue weighted by atomic mass is 10.2. The van der Waals surface area contributed by atoms with E-state index < -0.39 is 31.6 Å². The van der Waals surface area contributed by atoms with E-state index in [0.29, 0.717) is 0 Å². The van der Waals surface area contributed by atoms with Crippen molar-refractivity contribution in [3.63, 3.8) is 0 Å². The van der Waals surface area contributed by atoms with Gasteiger partial charge in [0, 0.05) is 12.1 Å². The van der Waals surface area contributed by atoms with Crippen LogP contribution >= 0.6 is 0 Å². The first-order chi connectivity index (χ1) is 8.90. The van der Waals surface area contributed by atoms with Gasteiger partial charge in [-0.25, -0.2) is 8.78 Å². The molecule has 0 aromatic heterocycles. The standard InChI is InChI=1S/C11H11F4NO3/c12-9(13)8(17)5-16-10(18)6-1-3-7(4-2-6)19-11(14)15/h1-4,8-9,11,17H,5H2,(H,16,18).